The quantitative estimate of drug-likeness (QED) is 0.818. The maximum absolute atomic E-state index is 13.3. The zero-order chi connectivity index (χ0) is 13.5. The Balaban J connectivity index is 2.59. The van der Waals surface area contributed by atoms with Crippen LogP contribution in [0.15, 0.2) is 18.2 Å². The Labute approximate surface area is 105 Å². The van der Waals surface area contributed by atoms with Gasteiger partial charge in [-0.15, -0.1) is 0 Å². The number of halogens is 2. The van der Waals surface area contributed by atoms with E-state index in [1.165, 1.54) is 0 Å². The lowest BCUT2D eigenvalue weighted by atomic mass is 10.0. The third-order valence-electron chi connectivity index (χ3n) is 2.88. The van der Waals surface area contributed by atoms with Gasteiger partial charge in [0.1, 0.15) is 11.6 Å². The molecule has 3 N–H and O–H groups in total. The minimum Gasteiger partial charge on any atom is -0.352 e. The molecular weight excluding hydrogens is 238 g/mol. The van der Waals surface area contributed by atoms with Crippen LogP contribution in [0, 0.1) is 17.6 Å². The van der Waals surface area contributed by atoms with Crippen LogP contribution in [0.3, 0.4) is 0 Å². The second kappa shape index (κ2) is 7.06. The highest BCUT2D eigenvalue weighted by atomic mass is 19.1. The first-order valence-electron chi connectivity index (χ1n) is 6.01. The number of carbonyl (C=O) groups excluding carboxylic acids is 1. The van der Waals surface area contributed by atoms with Crippen LogP contribution in [-0.4, -0.2) is 19.0 Å². The number of nitrogens with one attached hydrogen (secondary N) is 1. The summed E-state index contributed by atoms with van der Waals surface area (Å²) < 4.78 is 26.0. The molecule has 0 saturated carbocycles. The normalized spacial score (nSPS) is 12.2. The third kappa shape index (κ3) is 4.07. The van der Waals surface area contributed by atoms with Crippen LogP contribution in [0.5, 0.6) is 0 Å². The molecular formula is C13H18F2N2O. The van der Waals surface area contributed by atoms with E-state index in [-0.39, 0.29) is 11.5 Å². The average molecular weight is 256 g/mol. The summed E-state index contributed by atoms with van der Waals surface area (Å²) >= 11 is 0. The standard InChI is InChI=1S/C13H18F2N2O/c1-2-9(5-6-16)8-17-13(18)11-4-3-10(14)7-12(11)15/h3-4,7,9H,2,5-6,8,16H2,1H3,(H,17,18). The van der Waals surface area contributed by atoms with E-state index >= 15 is 0 Å². The molecule has 1 aromatic rings. The molecule has 0 bridgehead atoms. The molecule has 100 valence electrons. The van der Waals surface area contributed by atoms with Crippen molar-refractivity contribution < 1.29 is 13.6 Å². The van der Waals surface area contributed by atoms with Crippen LogP contribution in [-0.2, 0) is 0 Å². The van der Waals surface area contributed by atoms with Crippen molar-refractivity contribution in [2.24, 2.45) is 11.7 Å². The van der Waals surface area contributed by atoms with E-state index in [1.807, 2.05) is 6.92 Å². The lowest BCUT2D eigenvalue weighted by Crippen LogP contribution is -2.30. The van der Waals surface area contributed by atoms with Crippen LogP contribution in [0.2, 0.25) is 0 Å². The van der Waals surface area contributed by atoms with Crippen molar-refractivity contribution in [3.05, 3.63) is 35.4 Å². The molecule has 1 amide bonds. The van der Waals surface area contributed by atoms with E-state index in [4.69, 9.17) is 5.73 Å². The fourth-order valence-corrected chi connectivity index (χ4v) is 1.69. The van der Waals surface area contributed by atoms with Crippen LogP contribution in [0.25, 0.3) is 0 Å². The van der Waals surface area contributed by atoms with Crippen LogP contribution < -0.4 is 11.1 Å². The summed E-state index contributed by atoms with van der Waals surface area (Å²) in [5, 5.41) is 2.64. The predicted octanol–water partition coefficient (Wildman–Crippen LogP) is 2.07. The van der Waals surface area contributed by atoms with Gasteiger partial charge in [0.25, 0.3) is 5.91 Å². The lowest BCUT2D eigenvalue weighted by molar-refractivity contribution is 0.0942. The minimum atomic E-state index is -0.848. The summed E-state index contributed by atoms with van der Waals surface area (Å²) in [6, 6.07) is 2.91. The molecule has 1 unspecified atom stereocenters. The number of nitrogens with two attached hydrogens (primary N) is 1. The summed E-state index contributed by atoms with van der Waals surface area (Å²) in [6.07, 6.45) is 1.70. The van der Waals surface area contributed by atoms with E-state index in [2.05, 4.69) is 5.32 Å². The molecule has 1 atom stereocenters. The lowest BCUT2D eigenvalue weighted by Gasteiger charge is -2.14. The molecule has 0 aliphatic rings. The predicted molar refractivity (Wildman–Crippen MR) is 66.1 cm³/mol. The number of amides is 1. The Hall–Kier alpha value is -1.49. The number of carbonyl (C=O) groups is 1. The zero-order valence-corrected chi connectivity index (χ0v) is 10.4. The number of hydrogen-bond donors (Lipinski definition) is 2. The van der Waals surface area contributed by atoms with Crippen molar-refractivity contribution in [1.82, 2.24) is 5.32 Å². The van der Waals surface area contributed by atoms with Gasteiger partial charge in [0.15, 0.2) is 0 Å². The maximum atomic E-state index is 13.3. The van der Waals surface area contributed by atoms with Crippen LogP contribution >= 0.6 is 0 Å². The maximum Gasteiger partial charge on any atom is 0.254 e. The smallest absolute Gasteiger partial charge is 0.254 e. The Morgan fingerprint density at radius 2 is 2.17 bits per heavy atom. The third-order valence-corrected chi connectivity index (χ3v) is 2.88. The number of rotatable bonds is 6. The minimum absolute atomic E-state index is 0.140. The van der Waals surface area contributed by atoms with Gasteiger partial charge in [0.05, 0.1) is 5.56 Å². The largest absolute Gasteiger partial charge is 0.352 e. The van der Waals surface area contributed by atoms with Crippen LogP contribution in [0.1, 0.15) is 30.1 Å². The van der Waals surface area contributed by atoms with E-state index < -0.39 is 17.5 Å². The van der Waals surface area contributed by atoms with Crippen molar-refractivity contribution in [2.75, 3.05) is 13.1 Å². The summed E-state index contributed by atoms with van der Waals surface area (Å²) in [4.78, 5) is 11.7. The molecule has 0 aliphatic heterocycles. The van der Waals surface area contributed by atoms with E-state index in [0.29, 0.717) is 19.2 Å². The van der Waals surface area contributed by atoms with E-state index in [0.717, 1.165) is 25.0 Å². The van der Waals surface area contributed by atoms with Gasteiger partial charge in [0.2, 0.25) is 0 Å². The van der Waals surface area contributed by atoms with Crippen molar-refractivity contribution in [3.63, 3.8) is 0 Å². The summed E-state index contributed by atoms with van der Waals surface area (Å²) in [5.41, 5.74) is 5.31. The van der Waals surface area contributed by atoms with Gasteiger partial charge in [-0.25, -0.2) is 8.78 Å². The van der Waals surface area contributed by atoms with E-state index in [9.17, 15) is 13.6 Å². The fourth-order valence-electron chi connectivity index (χ4n) is 1.69. The topological polar surface area (TPSA) is 55.1 Å². The van der Waals surface area contributed by atoms with Gasteiger partial charge >= 0.3 is 0 Å². The molecule has 0 aromatic heterocycles. The monoisotopic (exact) mass is 256 g/mol. The zero-order valence-electron chi connectivity index (χ0n) is 10.4. The van der Waals surface area contributed by atoms with Gasteiger partial charge in [0, 0.05) is 12.6 Å². The fraction of sp³-hybridized carbons (Fsp3) is 0.462. The summed E-state index contributed by atoms with van der Waals surface area (Å²) in [7, 11) is 0. The summed E-state index contributed by atoms with van der Waals surface area (Å²) in [5.74, 6) is -1.79. The highest BCUT2D eigenvalue weighted by Crippen LogP contribution is 2.10. The number of benzene rings is 1. The first-order valence-corrected chi connectivity index (χ1v) is 6.01. The molecule has 1 aromatic carbocycles. The number of hydrogen-bond acceptors (Lipinski definition) is 2. The van der Waals surface area contributed by atoms with Gasteiger partial charge in [-0.3, -0.25) is 4.79 Å². The molecule has 0 spiro atoms. The van der Waals surface area contributed by atoms with Crippen molar-refractivity contribution in [2.45, 2.75) is 19.8 Å². The molecule has 0 saturated heterocycles. The molecule has 0 radical (unpaired) electrons. The summed E-state index contributed by atoms with van der Waals surface area (Å²) in [6.45, 7) is 3.01. The molecule has 3 nitrogen and oxygen atoms in total. The molecule has 0 heterocycles. The van der Waals surface area contributed by atoms with Crippen molar-refractivity contribution >= 4 is 5.91 Å². The van der Waals surface area contributed by atoms with Crippen molar-refractivity contribution in [1.29, 1.82) is 0 Å². The molecule has 5 heteroatoms. The molecule has 18 heavy (non-hydrogen) atoms. The Morgan fingerprint density at radius 3 is 2.72 bits per heavy atom. The molecule has 0 aliphatic carbocycles. The van der Waals surface area contributed by atoms with Gasteiger partial charge < -0.3 is 11.1 Å². The SMILES string of the molecule is CCC(CCN)CNC(=O)c1ccc(F)cc1F. The Kier molecular flexibility index (Phi) is 5.71. The molecule has 0 fully saturated rings. The highest BCUT2D eigenvalue weighted by molar-refractivity contribution is 5.94. The van der Waals surface area contributed by atoms with Gasteiger partial charge in [-0.05, 0) is 31.0 Å². The second-order valence-corrected chi connectivity index (χ2v) is 4.19. The first kappa shape index (κ1) is 14.6. The average Bonchev–Trinajstić information content (AvgIpc) is 2.34. The van der Waals surface area contributed by atoms with E-state index in [1.54, 1.807) is 0 Å². The molecule has 1 rings (SSSR count). The van der Waals surface area contributed by atoms with Crippen molar-refractivity contribution in [3.8, 4) is 0 Å². The van der Waals surface area contributed by atoms with Gasteiger partial charge in [-0.1, -0.05) is 13.3 Å². The highest BCUT2D eigenvalue weighted by Gasteiger charge is 2.13. The second-order valence-electron chi connectivity index (χ2n) is 4.19. The van der Waals surface area contributed by atoms with Crippen LogP contribution in [0.4, 0.5) is 8.78 Å². The Bertz CT molecular complexity index is 410. The Morgan fingerprint density at radius 1 is 1.44 bits per heavy atom. The van der Waals surface area contributed by atoms with Gasteiger partial charge in [-0.2, -0.15) is 0 Å². The first-order chi connectivity index (χ1) is 8.58.